The summed E-state index contributed by atoms with van der Waals surface area (Å²) in [4.78, 5) is 17.2. The Morgan fingerprint density at radius 2 is 2.04 bits per heavy atom. The summed E-state index contributed by atoms with van der Waals surface area (Å²) < 4.78 is 0. The summed E-state index contributed by atoms with van der Waals surface area (Å²) in [5.74, 6) is 0.461. The molecule has 0 radical (unpaired) electrons. The standard InChI is InChI=1S/C20H24N2O/c1-14-8-10-15(11-9-14)20(2,3)22-19(23)17-12-13-21-18-7-5-4-6-16(17)18/h4-8,12-13,15H,9-11H2,1-3H3,(H,22,23)/t15-/m1/s1. The molecule has 0 bridgehead atoms. The van der Waals surface area contributed by atoms with Crippen LogP contribution in [0, 0.1) is 5.92 Å². The summed E-state index contributed by atoms with van der Waals surface area (Å²) in [6.07, 6.45) is 7.31. The highest BCUT2D eigenvalue weighted by Crippen LogP contribution is 2.32. The van der Waals surface area contributed by atoms with Crippen molar-refractivity contribution in [1.29, 1.82) is 0 Å². The van der Waals surface area contributed by atoms with Crippen LogP contribution >= 0.6 is 0 Å². The second-order valence-corrected chi connectivity index (χ2v) is 7.07. The fraction of sp³-hybridized carbons (Fsp3) is 0.400. The molecule has 3 nitrogen and oxygen atoms in total. The van der Waals surface area contributed by atoms with Crippen molar-refractivity contribution in [2.45, 2.75) is 45.6 Å². The molecule has 0 fully saturated rings. The van der Waals surface area contributed by atoms with Crippen molar-refractivity contribution in [2.75, 3.05) is 0 Å². The van der Waals surface area contributed by atoms with Crippen molar-refractivity contribution in [3.05, 3.63) is 53.7 Å². The van der Waals surface area contributed by atoms with E-state index >= 15 is 0 Å². The second kappa shape index (κ2) is 6.15. The van der Waals surface area contributed by atoms with Gasteiger partial charge in [0.15, 0.2) is 0 Å². The number of benzene rings is 1. The first-order valence-corrected chi connectivity index (χ1v) is 8.29. The van der Waals surface area contributed by atoms with Crippen LogP contribution in [0.2, 0.25) is 0 Å². The summed E-state index contributed by atoms with van der Waals surface area (Å²) in [7, 11) is 0. The molecule has 0 spiro atoms. The molecule has 0 saturated carbocycles. The molecule has 0 unspecified atom stereocenters. The number of nitrogens with zero attached hydrogens (tertiary/aromatic N) is 1. The molecule has 1 aromatic carbocycles. The lowest BCUT2D eigenvalue weighted by molar-refractivity contribution is 0.0876. The summed E-state index contributed by atoms with van der Waals surface area (Å²) >= 11 is 0. The van der Waals surface area contributed by atoms with E-state index in [0.717, 1.165) is 30.2 Å². The van der Waals surface area contributed by atoms with Crippen molar-refractivity contribution in [3.63, 3.8) is 0 Å². The van der Waals surface area contributed by atoms with Crippen LogP contribution in [0.3, 0.4) is 0 Å². The van der Waals surface area contributed by atoms with Gasteiger partial charge >= 0.3 is 0 Å². The molecule has 0 saturated heterocycles. The maximum Gasteiger partial charge on any atom is 0.252 e. The van der Waals surface area contributed by atoms with Crippen molar-refractivity contribution in [2.24, 2.45) is 5.92 Å². The number of nitrogens with one attached hydrogen (secondary N) is 1. The van der Waals surface area contributed by atoms with Gasteiger partial charge in [-0.3, -0.25) is 9.78 Å². The van der Waals surface area contributed by atoms with E-state index in [2.05, 4.69) is 37.1 Å². The van der Waals surface area contributed by atoms with E-state index in [9.17, 15) is 4.79 Å². The molecule has 120 valence electrons. The van der Waals surface area contributed by atoms with Crippen LogP contribution in [0.25, 0.3) is 10.9 Å². The fourth-order valence-electron chi connectivity index (χ4n) is 3.38. The zero-order valence-corrected chi connectivity index (χ0v) is 14.1. The highest BCUT2D eigenvalue weighted by molar-refractivity contribution is 6.06. The fourth-order valence-corrected chi connectivity index (χ4v) is 3.38. The van der Waals surface area contributed by atoms with Crippen LogP contribution in [0.1, 0.15) is 50.4 Å². The Kier molecular flexibility index (Phi) is 4.20. The van der Waals surface area contributed by atoms with Crippen molar-refractivity contribution < 1.29 is 4.79 Å². The number of aromatic nitrogens is 1. The molecule has 3 heteroatoms. The zero-order chi connectivity index (χ0) is 16.4. The van der Waals surface area contributed by atoms with Gasteiger partial charge in [-0.15, -0.1) is 0 Å². The number of carbonyl (C=O) groups excluding carboxylic acids is 1. The third-order valence-electron chi connectivity index (χ3n) is 4.99. The van der Waals surface area contributed by atoms with Crippen LogP contribution in [-0.2, 0) is 0 Å². The van der Waals surface area contributed by atoms with Crippen LogP contribution in [0.15, 0.2) is 48.2 Å². The number of rotatable bonds is 3. The van der Waals surface area contributed by atoms with Gasteiger partial charge in [0.1, 0.15) is 0 Å². The van der Waals surface area contributed by atoms with Gasteiger partial charge in [0.25, 0.3) is 5.91 Å². The topological polar surface area (TPSA) is 42.0 Å². The minimum atomic E-state index is -0.224. The van der Waals surface area contributed by atoms with Gasteiger partial charge < -0.3 is 5.32 Å². The first-order chi connectivity index (χ1) is 11.0. The lowest BCUT2D eigenvalue weighted by Crippen LogP contribution is -2.49. The van der Waals surface area contributed by atoms with Gasteiger partial charge in [0.05, 0.1) is 11.1 Å². The summed E-state index contributed by atoms with van der Waals surface area (Å²) in [5, 5.41) is 4.16. The first-order valence-electron chi connectivity index (χ1n) is 8.29. The molecule has 1 aliphatic rings. The highest BCUT2D eigenvalue weighted by Gasteiger charge is 2.32. The number of hydrogen-bond acceptors (Lipinski definition) is 2. The van der Waals surface area contributed by atoms with E-state index in [1.54, 1.807) is 12.3 Å². The van der Waals surface area contributed by atoms with E-state index in [4.69, 9.17) is 0 Å². The van der Waals surface area contributed by atoms with Crippen molar-refractivity contribution >= 4 is 16.8 Å². The molecule has 1 amide bonds. The Bertz CT molecular complexity index is 756. The monoisotopic (exact) mass is 308 g/mol. The average molecular weight is 308 g/mol. The van der Waals surface area contributed by atoms with E-state index in [1.807, 2.05) is 24.3 Å². The Morgan fingerprint density at radius 3 is 2.78 bits per heavy atom. The quantitative estimate of drug-likeness (QED) is 0.849. The maximum absolute atomic E-state index is 12.8. The highest BCUT2D eigenvalue weighted by atomic mass is 16.1. The van der Waals surface area contributed by atoms with Gasteiger partial charge in [-0.25, -0.2) is 0 Å². The molecule has 0 aliphatic heterocycles. The lowest BCUT2D eigenvalue weighted by Gasteiger charge is -2.37. The molecular formula is C20H24N2O. The molecule has 1 aromatic heterocycles. The molecular weight excluding hydrogens is 284 g/mol. The van der Waals surface area contributed by atoms with Gasteiger partial charge in [0, 0.05) is 17.1 Å². The summed E-state index contributed by atoms with van der Waals surface area (Å²) in [5.41, 5.74) is 2.79. The van der Waals surface area contributed by atoms with E-state index in [1.165, 1.54) is 5.57 Å². The normalized spacial score (nSPS) is 18.6. The number of hydrogen-bond donors (Lipinski definition) is 1. The number of pyridine rings is 1. The number of para-hydroxylation sites is 1. The number of amides is 1. The third-order valence-corrected chi connectivity index (χ3v) is 4.99. The maximum atomic E-state index is 12.8. The first kappa shape index (κ1) is 15.7. The Hall–Kier alpha value is -2.16. The molecule has 1 heterocycles. The van der Waals surface area contributed by atoms with Crippen molar-refractivity contribution in [3.8, 4) is 0 Å². The number of allylic oxidation sites excluding steroid dienone is 2. The van der Waals surface area contributed by atoms with Crippen LogP contribution in [-0.4, -0.2) is 16.4 Å². The van der Waals surface area contributed by atoms with Crippen LogP contribution in [0.4, 0.5) is 0 Å². The lowest BCUT2D eigenvalue weighted by atomic mass is 9.77. The minimum absolute atomic E-state index is 0.0140. The van der Waals surface area contributed by atoms with Gasteiger partial charge in [-0.1, -0.05) is 29.8 Å². The van der Waals surface area contributed by atoms with E-state index < -0.39 is 0 Å². The van der Waals surface area contributed by atoms with E-state index in [0.29, 0.717) is 11.5 Å². The molecule has 23 heavy (non-hydrogen) atoms. The Balaban J connectivity index is 1.83. The minimum Gasteiger partial charge on any atom is -0.347 e. The number of fused-ring (bicyclic) bond motifs is 1. The largest absolute Gasteiger partial charge is 0.347 e. The average Bonchev–Trinajstić information content (AvgIpc) is 2.54. The predicted octanol–water partition coefficient (Wildman–Crippen LogP) is 4.49. The molecule has 1 N–H and O–H groups in total. The van der Waals surface area contributed by atoms with Gasteiger partial charge in [0.2, 0.25) is 0 Å². The SMILES string of the molecule is CC1=CC[C@@H](C(C)(C)NC(=O)c2ccnc3ccccc23)CC1. The zero-order valence-electron chi connectivity index (χ0n) is 14.1. The number of carbonyl (C=O) groups is 1. The Morgan fingerprint density at radius 1 is 1.26 bits per heavy atom. The summed E-state index contributed by atoms with van der Waals surface area (Å²) in [6.45, 7) is 6.45. The third kappa shape index (κ3) is 3.29. The molecule has 1 atom stereocenters. The van der Waals surface area contributed by atoms with Gasteiger partial charge in [-0.2, -0.15) is 0 Å². The summed E-state index contributed by atoms with van der Waals surface area (Å²) in [6, 6.07) is 9.58. The van der Waals surface area contributed by atoms with Crippen LogP contribution in [0.5, 0.6) is 0 Å². The second-order valence-electron chi connectivity index (χ2n) is 7.07. The smallest absolute Gasteiger partial charge is 0.252 e. The molecule has 1 aliphatic carbocycles. The molecule has 2 aromatic rings. The van der Waals surface area contributed by atoms with E-state index in [-0.39, 0.29) is 11.4 Å². The van der Waals surface area contributed by atoms with Crippen LogP contribution < -0.4 is 5.32 Å². The predicted molar refractivity (Wildman–Crippen MR) is 94.4 cm³/mol. The van der Waals surface area contributed by atoms with Crippen molar-refractivity contribution in [1.82, 2.24) is 10.3 Å². The molecule has 3 rings (SSSR count). The Labute approximate surface area is 137 Å². The van der Waals surface area contributed by atoms with Gasteiger partial charge in [-0.05, 0) is 58.1 Å².